The summed E-state index contributed by atoms with van der Waals surface area (Å²) in [5.41, 5.74) is -0.434. The molecule has 4 rings (SSSR count). The van der Waals surface area contributed by atoms with Crippen LogP contribution < -0.4 is 4.90 Å². The molecular formula is C25H22F2N4O2. The fourth-order valence-electron chi connectivity index (χ4n) is 3.78. The van der Waals surface area contributed by atoms with E-state index in [1.807, 2.05) is 13.0 Å². The lowest BCUT2D eigenvalue weighted by molar-refractivity contribution is -0.122. The normalized spacial score (nSPS) is 18.3. The van der Waals surface area contributed by atoms with Crippen LogP contribution in [0.5, 0.6) is 0 Å². The minimum atomic E-state index is -1.04. The van der Waals surface area contributed by atoms with Crippen LogP contribution in [0.25, 0.3) is 0 Å². The molecule has 1 aliphatic rings. The van der Waals surface area contributed by atoms with Crippen LogP contribution in [0.2, 0.25) is 0 Å². The van der Waals surface area contributed by atoms with Crippen LogP contribution in [-0.4, -0.2) is 33.7 Å². The van der Waals surface area contributed by atoms with Crippen LogP contribution in [0.1, 0.15) is 37.1 Å². The van der Waals surface area contributed by atoms with Crippen LogP contribution in [-0.2, 0) is 16.9 Å². The van der Waals surface area contributed by atoms with E-state index >= 15 is 0 Å². The first kappa shape index (κ1) is 22.2. The first-order valence-electron chi connectivity index (χ1n) is 10.5. The first-order valence-corrected chi connectivity index (χ1v) is 10.5. The summed E-state index contributed by atoms with van der Waals surface area (Å²) in [4.78, 5) is 28.0. The predicted octanol–water partition coefficient (Wildman–Crippen LogP) is 4.28. The molecule has 8 heteroatoms. The van der Waals surface area contributed by atoms with Gasteiger partial charge in [-0.15, -0.1) is 0 Å². The summed E-state index contributed by atoms with van der Waals surface area (Å²) in [6.07, 6.45) is 1.58. The molecule has 1 aromatic heterocycles. The Morgan fingerprint density at radius 1 is 1.03 bits per heavy atom. The standard InChI is InChI=1S/C25H22F2N4O2/c1-4-30-13-12-21(28-30)25(2)16-22(32)31(24(33)29(25)3)23-19(26)14-18(15-20(23)27)11-10-17-8-6-5-7-9-17/h5-9,12-15H,4,16H2,1-3H3/t25-/m0/s1. The number of nitrogens with zero attached hydrogens (tertiary/aromatic N) is 4. The Balaban J connectivity index is 1.66. The Kier molecular flexibility index (Phi) is 5.73. The summed E-state index contributed by atoms with van der Waals surface area (Å²) >= 11 is 0. The molecule has 0 radical (unpaired) electrons. The molecule has 2 heterocycles. The maximum atomic E-state index is 15.0. The van der Waals surface area contributed by atoms with E-state index in [9.17, 15) is 18.4 Å². The number of anilines is 1. The largest absolute Gasteiger partial charge is 0.332 e. The summed E-state index contributed by atoms with van der Waals surface area (Å²) in [6, 6.07) is 11.9. The number of aromatic nitrogens is 2. The fourth-order valence-corrected chi connectivity index (χ4v) is 3.78. The van der Waals surface area contributed by atoms with Crippen molar-refractivity contribution in [3.8, 4) is 11.8 Å². The van der Waals surface area contributed by atoms with Crippen molar-refractivity contribution in [3.05, 3.63) is 83.2 Å². The number of carbonyl (C=O) groups is 2. The Hall–Kier alpha value is -3.99. The number of rotatable bonds is 3. The number of benzene rings is 2. The summed E-state index contributed by atoms with van der Waals surface area (Å²) in [5.74, 6) is 2.74. The highest BCUT2D eigenvalue weighted by Crippen LogP contribution is 2.38. The molecule has 0 unspecified atom stereocenters. The molecule has 6 nitrogen and oxygen atoms in total. The third kappa shape index (κ3) is 3.98. The summed E-state index contributed by atoms with van der Waals surface area (Å²) in [7, 11) is 1.49. The van der Waals surface area contributed by atoms with Crippen LogP contribution in [0.15, 0.2) is 54.7 Å². The monoisotopic (exact) mass is 448 g/mol. The van der Waals surface area contributed by atoms with Gasteiger partial charge >= 0.3 is 6.03 Å². The molecule has 0 N–H and O–H groups in total. The topological polar surface area (TPSA) is 58.4 Å². The molecule has 0 aliphatic carbocycles. The fraction of sp³-hybridized carbons (Fsp3) is 0.240. The number of halogens is 2. The van der Waals surface area contributed by atoms with Gasteiger partial charge in [-0.1, -0.05) is 30.0 Å². The second-order valence-electron chi connectivity index (χ2n) is 7.98. The molecule has 3 amide bonds. The van der Waals surface area contributed by atoms with Gasteiger partial charge in [-0.3, -0.25) is 9.48 Å². The zero-order valence-corrected chi connectivity index (χ0v) is 18.5. The van der Waals surface area contributed by atoms with Crippen molar-refractivity contribution in [1.82, 2.24) is 14.7 Å². The minimum absolute atomic E-state index is 0.0952. The number of amides is 3. The van der Waals surface area contributed by atoms with Crippen molar-refractivity contribution in [2.24, 2.45) is 0 Å². The highest BCUT2D eigenvalue weighted by atomic mass is 19.1. The lowest BCUT2D eigenvalue weighted by atomic mass is 9.89. The van der Waals surface area contributed by atoms with Gasteiger partial charge in [0.1, 0.15) is 5.69 Å². The average Bonchev–Trinajstić information content (AvgIpc) is 3.29. The van der Waals surface area contributed by atoms with Gasteiger partial charge in [-0.2, -0.15) is 5.10 Å². The van der Waals surface area contributed by atoms with Crippen LogP contribution >= 0.6 is 0 Å². The van der Waals surface area contributed by atoms with Gasteiger partial charge in [0.05, 0.1) is 17.7 Å². The van der Waals surface area contributed by atoms with Gasteiger partial charge < -0.3 is 4.90 Å². The third-order valence-electron chi connectivity index (χ3n) is 5.85. The van der Waals surface area contributed by atoms with Gasteiger partial charge in [0, 0.05) is 30.9 Å². The summed E-state index contributed by atoms with van der Waals surface area (Å²) in [6.45, 7) is 4.25. The molecule has 2 aromatic carbocycles. The van der Waals surface area contributed by atoms with Crippen LogP contribution in [0.4, 0.5) is 19.3 Å². The number of hydrogen-bond donors (Lipinski definition) is 0. The average molecular weight is 448 g/mol. The van der Waals surface area contributed by atoms with Crippen molar-refractivity contribution in [3.63, 3.8) is 0 Å². The molecule has 0 spiro atoms. The highest BCUT2D eigenvalue weighted by Gasteiger charge is 2.48. The molecular weight excluding hydrogens is 426 g/mol. The summed E-state index contributed by atoms with van der Waals surface area (Å²) < 4.78 is 31.6. The summed E-state index contributed by atoms with van der Waals surface area (Å²) in [5, 5.41) is 4.42. The van der Waals surface area contributed by atoms with Crippen molar-refractivity contribution in [2.45, 2.75) is 32.4 Å². The highest BCUT2D eigenvalue weighted by molar-refractivity contribution is 6.16. The number of imide groups is 1. The van der Waals surface area contributed by atoms with Crippen molar-refractivity contribution in [1.29, 1.82) is 0 Å². The molecule has 1 fully saturated rings. The Morgan fingerprint density at radius 3 is 2.27 bits per heavy atom. The van der Waals surface area contributed by atoms with Gasteiger partial charge in [-0.25, -0.2) is 18.5 Å². The molecule has 0 bridgehead atoms. The quantitative estimate of drug-likeness (QED) is 0.562. The molecule has 1 atom stereocenters. The van der Waals surface area contributed by atoms with Crippen LogP contribution in [0.3, 0.4) is 0 Å². The Labute approximate surface area is 190 Å². The minimum Gasteiger partial charge on any atom is -0.315 e. The number of aryl methyl sites for hydroxylation is 1. The van der Waals surface area contributed by atoms with E-state index in [2.05, 4.69) is 16.9 Å². The van der Waals surface area contributed by atoms with E-state index in [0.29, 0.717) is 22.7 Å². The van der Waals surface area contributed by atoms with E-state index in [1.54, 1.807) is 48.1 Å². The third-order valence-corrected chi connectivity index (χ3v) is 5.85. The molecule has 0 saturated carbocycles. The second kappa shape index (κ2) is 8.51. The predicted molar refractivity (Wildman–Crippen MR) is 119 cm³/mol. The maximum absolute atomic E-state index is 15.0. The molecule has 3 aromatic rings. The van der Waals surface area contributed by atoms with E-state index < -0.39 is 34.8 Å². The molecule has 1 saturated heterocycles. The van der Waals surface area contributed by atoms with Gasteiger partial charge in [0.25, 0.3) is 0 Å². The SMILES string of the molecule is CCn1ccc([C@]2(C)CC(=O)N(c3c(F)cc(C#Cc4ccccc4)cc3F)C(=O)N2C)n1. The molecule has 1 aliphatic heterocycles. The zero-order valence-electron chi connectivity index (χ0n) is 18.5. The number of urea groups is 1. The number of carbonyl (C=O) groups excluding carboxylic acids is 2. The van der Waals surface area contributed by atoms with Gasteiger partial charge in [0.2, 0.25) is 5.91 Å². The van der Waals surface area contributed by atoms with E-state index in [-0.39, 0.29) is 12.0 Å². The lowest BCUT2D eigenvalue weighted by Crippen LogP contribution is -2.60. The van der Waals surface area contributed by atoms with Crippen molar-refractivity contribution in [2.75, 3.05) is 11.9 Å². The zero-order chi connectivity index (χ0) is 23.8. The number of hydrogen-bond acceptors (Lipinski definition) is 3. The van der Waals surface area contributed by atoms with Gasteiger partial charge in [-0.05, 0) is 44.2 Å². The molecule has 168 valence electrons. The first-order chi connectivity index (χ1) is 15.7. The van der Waals surface area contributed by atoms with Crippen molar-refractivity contribution >= 4 is 17.6 Å². The van der Waals surface area contributed by atoms with Crippen LogP contribution in [0, 0.1) is 23.5 Å². The smallest absolute Gasteiger partial charge is 0.315 e. The van der Waals surface area contributed by atoms with E-state index in [1.165, 1.54) is 11.9 Å². The van der Waals surface area contributed by atoms with E-state index in [0.717, 1.165) is 12.1 Å². The van der Waals surface area contributed by atoms with Gasteiger partial charge in [0.15, 0.2) is 11.6 Å². The second-order valence-corrected chi connectivity index (χ2v) is 7.98. The van der Waals surface area contributed by atoms with Crippen molar-refractivity contribution < 1.29 is 18.4 Å². The Morgan fingerprint density at radius 2 is 1.67 bits per heavy atom. The maximum Gasteiger partial charge on any atom is 0.332 e. The van der Waals surface area contributed by atoms with E-state index in [4.69, 9.17) is 0 Å². The lowest BCUT2D eigenvalue weighted by Gasteiger charge is -2.44. The Bertz CT molecular complexity index is 1270. The molecule has 33 heavy (non-hydrogen) atoms.